The molecule has 2 nitrogen and oxygen atoms in total. The smallest absolute Gasteiger partial charge is 0.357 e. The molecule has 1 rings (SSSR count). The number of aromatic nitrogens is 1. The number of nitrogens with one attached hydrogen (secondary N) is 1. The summed E-state index contributed by atoms with van der Waals surface area (Å²) in [6.45, 7) is 1.23. The number of aromatic amines is 1. The maximum atomic E-state index is 12.2. The van der Waals surface area contributed by atoms with Crippen molar-refractivity contribution in [2.45, 2.75) is 19.5 Å². The Bertz CT molecular complexity index is 420. The van der Waals surface area contributed by atoms with E-state index in [4.69, 9.17) is 0 Å². The zero-order chi connectivity index (χ0) is 11.8. The molecule has 1 heterocycles. The van der Waals surface area contributed by atoms with Gasteiger partial charge in [0, 0.05) is 11.8 Å². The molecule has 1 aromatic heterocycles. The van der Waals surface area contributed by atoms with Crippen LogP contribution in [0.5, 0.6) is 0 Å². The minimum atomic E-state index is -5.08. The summed E-state index contributed by atoms with van der Waals surface area (Å²) in [6, 6.07) is 0.634. The van der Waals surface area contributed by atoms with Crippen molar-refractivity contribution in [1.29, 1.82) is 0 Å². The molecule has 0 spiro atoms. The third-order valence-electron chi connectivity index (χ3n) is 1.70. The topological polar surface area (TPSA) is 32.9 Å². The molecule has 0 aliphatic heterocycles. The number of pyridine rings is 1. The predicted octanol–water partition coefficient (Wildman–Crippen LogP) is 2.64. The highest BCUT2D eigenvalue weighted by Crippen LogP contribution is 2.32. The first-order chi connectivity index (χ1) is 6.73. The van der Waals surface area contributed by atoms with E-state index < -0.39 is 29.3 Å². The molecule has 0 saturated carbocycles. The van der Waals surface area contributed by atoms with Gasteiger partial charge in [0.2, 0.25) is 0 Å². The number of hydrogen-bond donors (Lipinski definition) is 1. The lowest BCUT2D eigenvalue weighted by atomic mass is 10.1. The molecule has 0 aliphatic rings. The Morgan fingerprint density at radius 2 is 1.87 bits per heavy atom. The van der Waals surface area contributed by atoms with Crippen LogP contribution in [0.3, 0.4) is 0 Å². The summed E-state index contributed by atoms with van der Waals surface area (Å²) in [7, 11) is 0. The van der Waals surface area contributed by atoms with Gasteiger partial charge in [0.15, 0.2) is 5.43 Å². The maximum absolute atomic E-state index is 12.2. The standard InChI is InChI=1S/C8H6F5NO/c1-3-2-4(15)5(8(11,12)13)6(14-3)7(9)10/h2,7H,1H3,(H,14,15). The van der Waals surface area contributed by atoms with E-state index in [0.29, 0.717) is 6.07 Å². The Morgan fingerprint density at radius 3 is 2.27 bits per heavy atom. The summed E-state index contributed by atoms with van der Waals surface area (Å²) in [6.07, 6.45) is -8.44. The van der Waals surface area contributed by atoms with E-state index >= 15 is 0 Å². The van der Waals surface area contributed by atoms with E-state index in [9.17, 15) is 26.7 Å². The van der Waals surface area contributed by atoms with Gasteiger partial charge in [0.25, 0.3) is 6.43 Å². The molecule has 15 heavy (non-hydrogen) atoms. The molecular weight excluding hydrogens is 221 g/mol. The highest BCUT2D eigenvalue weighted by Gasteiger charge is 2.39. The number of rotatable bonds is 1. The lowest BCUT2D eigenvalue weighted by molar-refractivity contribution is -0.140. The molecule has 0 unspecified atom stereocenters. The molecular formula is C8H6F5NO. The highest BCUT2D eigenvalue weighted by atomic mass is 19.4. The summed E-state index contributed by atoms with van der Waals surface area (Å²) >= 11 is 0. The van der Waals surface area contributed by atoms with E-state index in [-0.39, 0.29) is 5.69 Å². The fraction of sp³-hybridized carbons (Fsp3) is 0.375. The Kier molecular flexibility index (Phi) is 2.83. The number of H-pyrrole nitrogens is 1. The molecule has 0 aromatic carbocycles. The van der Waals surface area contributed by atoms with E-state index in [1.165, 1.54) is 6.92 Å². The molecule has 0 radical (unpaired) electrons. The van der Waals surface area contributed by atoms with Crippen LogP contribution in [0, 0.1) is 6.92 Å². The van der Waals surface area contributed by atoms with Gasteiger partial charge in [0.1, 0.15) is 5.56 Å². The maximum Gasteiger partial charge on any atom is 0.422 e. The van der Waals surface area contributed by atoms with Gasteiger partial charge in [-0.3, -0.25) is 4.79 Å². The Labute approximate surface area is 80.7 Å². The zero-order valence-electron chi connectivity index (χ0n) is 7.45. The van der Waals surface area contributed by atoms with Crippen molar-refractivity contribution < 1.29 is 22.0 Å². The van der Waals surface area contributed by atoms with Crippen LogP contribution >= 0.6 is 0 Å². The number of hydrogen-bond acceptors (Lipinski definition) is 1. The number of aryl methyl sites for hydroxylation is 1. The van der Waals surface area contributed by atoms with Gasteiger partial charge in [0.05, 0.1) is 5.69 Å². The van der Waals surface area contributed by atoms with Gasteiger partial charge >= 0.3 is 6.18 Å². The molecule has 0 aliphatic carbocycles. The van der Waals surface area contributed by atoms with Crippen molar-refractivity contribution in [1.82, 2.24) is 4.98 Å². The Hall–Kier alpha value is -1.40. The zero-order valence-corrected chi connectivity index (χ0v) is 7.45. The Balaban J connectivity index is 3.55. The SMILES string of the molecule is Cc1cc(=O)c(C(F)(F)F)c(C(F)F)[nH]1. The van der Waals surface area contributed by atoms with Crippen molar-refractivity contribution in [2.24, 2.45) is 0 Å². The second-order valence-corrected chi connectivity index (χ2v) is 2.90. The van der Waals surface area contributed by atoms with Gasteiger partial charge in [-0.25, -0.2) is 8.78 Å². The molecule has 0 fully saturated rings. The average molecular weight is 227 g/mol. The van der Waals surface area contributed by atoms with Crippen LogP contribution < -0.4 is 5.43 Å². The normalized spacial score (nSPS) is 12.2. The molecule has 1 aromatic rings. The van der Waals surface area contributed by atoms with Gasteiger partial charge < -0.3 is 4.98 Å². The summed E-state index contributed by atoms with van der Waals surface area (Å²) in [5.74, 6) is 0. The highest BCUT2D eigenvalue weighted by molar-refractivity contribution is 5.26. The second-order valence-electron chi connectivity index (χ2n) is 2.90. The summed E-state index contributed by atoms with van der Waals surface area (Å²) in [5.41, 5.74) is -4.70. The predicted molar refractivity (Wildman–Crippen MR) is 41.8 cm³/mol. The van der Waals surface area contributed by atoms with Crippen LogP contribution in [0.1, 0.15) is 23.4 Å². The van der Waals surface area contributed by atoms with E-state index in [1.54, 1.807) is 0 Å². The monoisotopic (exact) mass is 227 g/mol. The minimum absolute atomic E-state index is 0.0386. The summed E-state index contributed by atoms with van der Waals surface area (Å²) in [4.78, 5) is 12.8. The van der Waals surface area contributed by atoms with Crippen molar-refractivity contribution in [3.05, 3.63) is 33.2 Å². The second kappa shape index (κ2) is 3.63. The third-order valence-corrected chi connectivity index (χ3v) is 1.70. The quantitative estimate of drug-likeness (QED) is 0.735. The largest absolute Gasteiger partial charge is 0.422 e. The van der Waals surface area contributed by atoms with Gasteiger partial charge in [-0.2, -0.15) is 13.2 Å². The first-order valence-corrected chi connectivity index (χ1v) is 3.82. The number of halogens is 5. The van der Waals surface area contributed by atoms with Crippen LogP contribution in [0.25, 0.3) is 0 Å². The van der Waals surface area contributed by atoms with Crippen molar-refractivity contribution >= 4 is 0 Å². The first kappa shape index (κ1) is 11.7. The molecule has 0 saturated heterocycles. The fourth-order valence-electron chi connectivity index (χ4n) is 1.17. The van der Waals surface area contributed by atoms with E-state index in [0.717, 1.165) is 0 Å². The van der Waals surface area contributed by atoms with Crippen LogP contribution in [0.4, 0.5) is 22.0 Å². The van der Waals surface area contributed by atoms with Crippen LogP contribution in [-0.4, -0.2) is 4.98 Å². The first-order valence-electron chi connectivity index (χ1n) is 3.82. The lowest BCUT2D eigenvalue weighted by Gasteiger charge is -2.11. The van der Waals surface area contributed by atoms with Gasteiger partial charge in [-0.1, -0.05) is 0 Å². The van der Waals surface area contributed by atoms with Crippen LogP contribution in [-0.2, 0) is 6.18 Å². The van der Waals surface area contributed by atoms with Crippen LogP contribution in [0.2, 0.25) is 0 Å². The molecule has 84 valence electrons. The third kappa shape index (κ3) is 2.34. The van der Waals surface area contributed by atoms with Gasteiger partial charge in [-0.05, 0) is 6.92 Å². The summed E-state index contributed by atoms with van der Waals surface area (Å²) < 4.78 is 61.2. The fourth-order valence-corrected chi connectivity index (χ4v) is 1.17. The number of alkyl halides is 5. The van der Waals surface area contributed by atoms with Crippen molar-refractivity contribution in [2.75, 3.05) is 0 Å². The molecule has 0 amide bonds. The molecule has 7 heteroatoms. The molecule has 0 atom stereocenters. The minimum Gasteiger partial charge on any atom is -0.357 e. The molecule has 0 bridgehead atoms. The molecule has 1 N–H and O–H groups in total. The van der Waals surface area contributed by atoms with Crippen molar-refractivity contribution in [3.63, 3.8) is 0 Å². The summed E-state index contributed by atoms with van der Waals surface area (Å²) in [5, 5.41) is 0. The van der Waals surface area contributed by atoms with Gasteiger partial charge in [-0.15, -0.1) is 0 Å². The van der Waals surface area contributed by atoms with E-state index in [1.807, 2.05) is 4.98 Å². The Morgan fingerprint density at radius 1 is 1.33 bits per heavy atom. The van der Waals surface area contributed by atoms with E-state index in [2.05, 4.69) is 0 Å². The van der Waals surface area contributed by atoms with Crippen LogP contribution in [0.15, 0.2) is 10.9 Å². The average Bonchev–Trinajstić information content (AvgIpc) is 1.99. The lowest BCUT2D eigenvalue weighted by Crippen LogP contribution is -2.23. The van der Waals surface area contributed by atoms with Crippen molar-refractivity contribution in [3.8, 4) is 0 Å².